The molecule has 0 radical (unpaired) electrons. The Morgan fingerprint density at radius 2 is 1.96 bits per heavy atom. The zero-order valence-corrected chi connectivity index (χ0v) is 13.3. The number of H-pyrrole nitrogens is 1. The zero-order valence-electron chi connectivity index (χ0n) is 12.5. The van der Waals surface area contributed by atoms with Crippen LogP contribution in [0.15, 0.2) is 48.5 Å². The highest BCUT2D eigenvalue weighted by molar-refractivity contribution is 6.31. The van der Waals surface area contributed by atoms with E-state index in [4.69, 9.17) is 11.6 Å². The molecule has 4 rings (SSSR count). The average molecular weight is 326 g/mol. The molecule has 2 aromatic carbocycles. The summed E-state index contributed by atoms with van der Waals surface area (Å²) in [6.45, 7) is 0.732. The van der Waals surface area contributed by atoms with Crippen LogP contribution in [0.5, 0.6) is 0 Å². The molecule has 0 spiro atoms. The molecule has 1 atom stereocenters. The van der Waals surface area contributed by atoms with Crippen molar-refractivity contribution in [1.29, 1.82) is 0 Å². The largest absolute Gasteiger partial charge is 0.330 e. The minimum absolute atomic E-state index is 0.0201. The molecule has 1 amide bonds. The lowest BCUT2D eigenvalue weighted by Crippen LogP contribution is -2.31. The van der Waals surface area contributed by atoms with Gasteiger partial charge in [0.25, 0.3) is 5.91 Å². The summed E-state index contributed by atoms with van der Waals surface area (Å²) in [6, 6.07) is 15.5. The van der Waals surface area contributed by atoms with E-state index in [2.05, 4.69) is 10.2 Å². The fraction of sp³-hybridized carbons (Fsp3) is 0.222. The first-order valence-electron chi connectivity index (χ1n) is 7.74. The van der Waals surface area contributed by atoms with Crippen molar-refractivity contribution in [1.82, 2.24) is 15.1 Å². The van der Waals surface area contributed by atoms with Gasteiger partial charge in [0.05, 0.1) is 11.6 Å². The average Bonchev–Trinajstić information content (AvgIpc) is 3.22. The number of likely N-dealkylation sites (tertiary alicyclic amines) is 1. The van der Waals surface area contributed by atoms with Gasteiger partial charge in [0, 0.05) is 17.0 Å². The quantitative estimate of drug-likeness (QED) is 0.768. The molecule has 0 saturated carbocycles. The number of aromatic amines is 1. The number of hydrogen-bond acceptors (Lipinski definition) is 2. The Morgan fingerprint density at radius 1 is 1.17 bits per heavy atom. The number of halogens is 1. The van der Waals surface area contributed by atoms with Crippen LogP contribution in [0.2, 0.25) is 5.02 Å². The van der Waals surface area contributed by atoms with Crippen molar-refractivity contribution in [2.75, 3.05) is 6.54 Å². The Bertz CT molecular complexity index is 873. The number of amides is 1. The summed E-state index contributed by atoms with van der Waals surface area (Å²) in [4.78, 5) is 14.9. The van der Waals surface area contributed by atoms with Crippen LogP contribution in [0.4, 0.5) is 0 Å². The highest BCUT2D eigenvalue weighted by atomic mass is 35.5. The van der Waals surface area contributed by atoms with Gasteiger partial charge in [-0.05, 0) is 30.5 Å². The monoisotopic (exact) mass is 325 g/mol. The number of benzene rings is 2. The highest BCUT2D eigenvalue weighted by Crippen LogP contribution is 2.36. The minimum Gasteiger partial charge on any atom is -0.330 e. The third-order valence-corrected chi connectivity index (χ3v) is 4.80. The van der Waals surface area contributed by atoms with Crippen LogP contribution in [0.3, 0.4) is 0 Å². The molecule has 0 unspecified atom stereocenters. The van der Waals surface area contributed by atoms with Gasteiger partial charge in [-0.25, -0.2) is 0 Å². The van der Waals surface area contributed by atoms with E-state index in [0.717, 1.165) is 35.9 Å². The molecule has 1 aromatic heterocycles. The molecule has 1 aliphatic heterocycles. The van der Waals surface area contributed by atoms with Gasteiger partial charge in [0.1, 0.15) is 0 Å². The molecule has 1 saturated heterocycles. The Hall–Kier alpha value is -2.33. The molecule has 23 heavy (non-hydrogen) atoms. The molecule has 0 aliphatic carbocycles. The number of aromatic nitrogens is 2. The first-order valence-corrected chi connectivity index (χ1v) is 8.12. The van der Waals surface area contributed by atoms with Crippen molar-refractivity contribution in [2.45, 2.75) is 18.9 Å². The van der Waals surface area contributed by atoms with Crippen LogP contribution in [0.25, 0.3) is 10.9 Å². The van der Waals surface area contributed by atoms with Crippen molar-refractivity contribution in [3.63, 3.8) is 0 Å². The van der Waals surface area contributed by atoms with Gasteiger partial charge in [-0.2, -0.15) is 5.10 Å². The lowest BCUT2D eigenvalue weighted by Gasteiger charge is -2.25. The number of carbonyl (C=O) groups excluding carboxylic acids is 1. The van der Waals surface area contributed by atoms with Gasteiger partial charge in [0.2, 0.25) is 0 Å². The Labute approximate surface area is 139 Å². The number of para-hydroxylation sites is 1. The van der Waals surface area contributed by atoms with E-state index in [1.165, 1.54) is 0 Å². The van der Waals surface area contributed by atoms with Gasteiger partial charge in [-0.3, -0.25) is 9.89 Å². The minimum atomic E-state index is -0.0372. The smallest absolute Gasteiger partial charge is 0.275 e. The molecule has 5 heteroatoms. The lowest BCUT2D eigenvalue weighted by atomic mass is 10.0. The SMILES string of the molecule is O=C(c1n[nH]c2ccccc12)N1CCC[C@H]1c1ccccc1Cl. The Balaban J connectivity index is 1.71. The number of nitrogens with zero attached hydrogens (tertiary/aromatic N) is 2. The molecule has 116 valence electrons. The van der Waals surface area contributed by atoms with Crippen molar-refractivity contribution in [3.8, 4) is 0 Å². The molecule has 0 bridgehead atoms. The second-order valence-corrected chi connectivity index (χ2v) is 6.20. The van der Waals surface area contributed by atoms with E-state index in [0.29, 0.717) is 10.7 Å². The van der Waals surface area contributed by atoms with Crippen LogP contribution in [0, 0.1) is 0 Å². The van der Waals surface area contributed by atoms with Crippen molar-refractivity contribution in [2.24, 2.45) is 0 Å². The number of rotatable bonds is 2. The number of nitrogens with one attached hydrogen (secondary N) is 1. The van der Waals surface area contributed by atoms with E-state index in [1.807, 2.05) is 53.4 Å². The van der Waals surface area contributed by atoms with Gasteiger partial charge in [-0.1, -0.05) is 48.0 Å². The molecular formula is C18H16ClN3O. The second kappa shape index (κ2) is 5.70. The molecule has 2 heterocycles. The van der Waals surface area contributed by atoms with Crippen molar-refractivity contribution >= 4 is 28.4 Å². The van der Waals surface area contributed by atoms with E-state index in [9.17, 15) is 4.79 Å². The first-order chi connectivity index (χ1) is 11.3. The second-order valence-electron chi connectivity index (χ2n) is 5.80. The summed E-state index contributed by atoms with van der Waals surface area (Å²) in [5, 5.41) is 8.75. The van der Waals surface area contributed by atoms with Crippen LogP contribution in [-0.4, -0.2) is 27.5 Å². The van der Waals surface area contributed by atoms with Gasteiger partial charge in [0.15, 0.2) is 5.69 Å². The van der Waals surface area contributed by atoms with Gasteiger partial charge in [-0.15, -0.1) is 0 Å². The maximum atomic E-state index is 13.0. The summed E-state index contributed by atoms with van der Waals surface area (Å²) < 4.78 is 0. The van der Waals surface area contributed by atoms with Crippen molar-refractivity contribution < 1.29 is 4.79 Å². The summed E-state index contributed by atoms with van der Waals surface area (Å²) in [6.07, 6.45) is 1.90. The molecule has 1 fully saturated rings. The molecular weight excluding hydrogens is 310 g/mol. The van der Waals surface area contributed by atoms with Gasteiger partial charge >= 0.3 is 0 Å². The standard InChI is InChI=1S/C18H16ClN3O/c19-14-8-3-1-6-12(14)16-10-5-11-22(16)18(23)17-13-7-2-4-9-15(13)20-21-17/h1-4,6-9,16H,5,10-11H2,(H,20,21)/t16-/m0/s1. The summed E-state index contributed by atoms with van der Waals surface area (Å²) in [5.41, 5.74) is 2.38. The Kier molecular flexibility index (Phi) is 3.54. The molecule has 1 N–H and O–H groups in total. The number of fused-ring (bicyclic) bond motifs is 1. The first kappa shape index (κ1) is 14.3. The summed E-state index contributed by atoms with van der Waals surface area (Å²) in [7, 11) is 0. The third-order valence-electron chi connectivity index (χ3n) is 4.45. The maximum Gasteiger partial charge on any atom is 0.275 e. The van der Waals surface area contributed by atoms with E-state index >= 15 is 0 Å². The molecule has 1 aliphatic rings. The maximum absolute atomic E-state index is 13.0. The third kappa shape index (κ3) is 2.39. The van der Waals surface area contributed by atoms with Crippen molar-refractivity contribution in [3.05, 3.63) is 64.8 Å². The number of hydrogen-bond donors (Lipinski definition) is 1. The van der Waals surface area contributed by atoms with Crippen LogP contribution >= 0.6 is 11.6 Å². The fourth-order valence-electron chi connectivity index (χ4n) is 3.34. The normalized spacial score (nSPS) is 17.8. The van der Waals surface area contributed by atoms with Crippen LogP contribution in [-0.2, 0) is 0 Å². The Morgan fingerprint density at radius 3 is 2.83 bits per heavy atom. The van der Waals surface area contributed by atoms with Crippen LogP contribution < -0.4 is 0 Å². The van der Waals surface area contributed by atoms with Crippen LogP contribution in [0.1, 0.15) is 34.9 Å². The van der Waals surface area contributed by atoms with Gasteiger partial charge < -0.3 is 4.90 Å². The topological polar surface area (TPSA) is 49.0 Å². The zero-order chi connectivity index (χ0) is 15.8. The predicted octanol–water partition coefficient (Wildman–Crippen LogP) is 4.19. The lowest BCUT2D eigenvalue weighted by molar-refractivity contribution is 0.0731. The van der Waals surface area contributed by atoms with E-state index in [1.54, 1.807) is 0 Å². The van der Waals surface area contributed by atoms with E-state index < -0.39 is 0 Å². The number of carbonyl (C=O) groups is 1. The fourth-order valence-corrected chi connectivity index (χ4v) is 3.60. The molecule has 4 nitrogen and oxygen atoms in total. The summed E-state index contributed by atoms with van der Waals surface area (Å²) >= 11 is 6.33. The summed E-state index contributed by atoms with van der Waals surface area (Å²) in [5.74, 6) is -0.0372. The predicted molar refractivity (Wildman–Crippen MR) is 90.6 cm³/mol. The molecule has 3 aromatic rings. The van der Waals surface area contributed by atoms with E-state index in [-0.39, 0.29) is 11.9 Å². The highest BCUT2D eigenvalue weighted by Gasteiger charge is 2.33.